The first-order valence-electron chi connectivity index (χ1n) is 6.77. The van der Waals surface area contributed by atoms with Crippen molar-refractivity contribution < 1.29 is 5.11 Å². The zero-order chi connectivity index (χ0) is 13.1. The van der Waals surface area contributed by atoms with Crippen LogP contribution >= 0.6 is 0 Å². The van der Waals surface area contributed by atoms with Crippen molar-refractivity contribution in [3.05, 3.63) is 0 Å². The van der Waals surface area contributed by atoms with E-state index >= 15 is 0 Å². The van der Waals surface area contributed by atoms with Gasteiger partial charge in [0.15, 0.2) is 0 Å². The van der Waals surface area contributed by atoms with Crippen molar-refractivity contribution in [2.75, 3.05) is 26.7 Å². The van der Waals surface area contributed by atoms with E-state index in [-0.39, 0.29) is 5.41 Å². The Balaban J connectivity index is 2.93. The van der Waals surface area contributed by atoms with E-state index in [0.717, 1.165) is 25.8 Å². The molecule has 0 bridgehead atoms. The second-order valence-electron chi connectivity index (χ2n) is 5.72. The predicted molar refractivity (Wildman–Crippen MR) is 71.4 cm³/mol. The lowest BCUT2D eigenvalue weighted by Crippen LogP contribution is -2.61. The minimum Gasteiger partial charge on any atom is -0.375 e. The summed E-state index contributed by atoms with van der Waals surface area (Å²) in [6.45, 7) is 6.01. The highest BCUT2D eigenvalue weighted by Gasteiger charge is 2.50. The molecule has 3 unspecified atom stereocenters. The molecule has 0 spiro atoms. The molecule has 17 heavy (non-hydrogen) atoms. The Morgan fingerprint density at radius 1 is 1.47 bits per heavy atom. The quantitative estimate of drug-likeness (QED) is 0.623. The van der Waals surface area contributed by atoms with Gasteiger partial charge in [-0.25, -0.2) is 0 Å². The SMILES string of the molecule is CCN(C)C(C)(O)C1(CN)CCCC(CN)C1. The van der Waals surface area contributed by atoms with Crippen LogP contribution in [-0.4, -0.2) is 42.4 Å². The third-order valence-electron chi connectivity index (χ3n) is 4.89. The minimum absolute atomic E-state index is 0.208. The van der Waals surface area contributed by atoms with Gasteiger partial charge in [-0.15, -0.1) is 0 Å². The summed E-state index contributed by atoms with van der Waals surface area (Å²) in [5.41, 5.74) is 10.7. The summed E-state index contributed by atoms with van der Waals surface area (Å²) in [6.07, 6.45) is 4.23. The number of nitrogens with two attached hydrogens (primary N) is 2. The molecule has 1 aliphatic carbocycles. The summed E-state index contributed by atoms with van der Waals surface area (Å²) in [7, 11) is 1.96. The standard InChI is InChI=1S/C13H29N3O/c1-4-16(3)12(2,17)13(10-15)7-5-6-11(8-13)9-14/h11,17H,4-10,14-15H2,1-3H3. The van der Waals surface area contributed by atoms with E-state index in [1.54, 1.807) is 0 Å². The third kappa shape index (κ3) is 2.65. The second-order valence-corrected chi connectivity index (χ2v) is 5.72. The average Bonchev–Trinajstić information content (AvgIpc) is 2.37. The van der Waals surface area contributed by atoms with E-state index in [1.807, 2.05) is 18.9 Å². The van der Waals surface area contributed by atoms with Crippen LogP contribution in [0.25, 0.3) is 0 Å². The van der Waals surface area contributed by atoms with Crippen LogP contribution in [0.4, 0.5) is 0 Å². The molecule has 4 heteroatoms. The first-order valence-corrected chi connectivity index (χ1v) is 6.77. The summed E-state index contributed by atoms with van der Waals surface area (Å²) in [4.78, 5) is 2.00. The fraction of sp³-hybridized carbons (Fsp3) is 1.00. The predicted octanol–water partition coefficient (Wildman–Crippen LogP) is 0.741. The van der Waals surface area contributed by atoms with Crippen molar-refractivity contribution in [2.24, 2.45) is 22.8 Å². The number of rotatable bonds is 5. The molecule has 102 valence electrons. The number of aliphatic hydroxyl groups is 1. The normalized spacial score (nSPS) is 33.7. The van der Waals surface area contributed by atoms with Gasteiger partial charge >= 0.3 is 0 Å². The first-order chi connectivity index (χ1) is 7.93. The van der Waals surface area contributed by atoms with Crippen LogP contribution in [0.5, 0.6) is 0 Å². The lowest BCUT2D eigenvalue weighted by molar-refractivity contribution is -0.186. The molecular formula is C13H29N3O. The van der Waals surface area contributed by atoms with Gasteiger partial charge in [-0.05, 0) is 52.2 Å². The van der Waals surface area contributed by atoms with Gasteiger partial charge in [-0.3, -0.25) is 4.90 Å². The molecule has 0 heterocycles. The summed E-state index contributed by atoms with van der Waals surface area (Å²) in [5.74, 6) is 0.504. The molecule has 3 atom stereocenters. The fourth-order valence-electron chi connectivity index (χ4n) is 3.21. The Bertz CT molecular complexity index is 245. The van der Waals surface area contributed by atoms with E-state index in [9.17, 15) is 5.11 Å². The highest BCUT2D eigenvalue weighted by molar-refractivity contribution is 4.99. The number of hydrogen-bond donors (Lipinski definition) is 3. The Labute approximate surface area is 105 Å². The fourth-order valence-corrected chi connectivity index (χ4v) is 3.21. The molecule has 1 rings (SSSR count). The molecule has 0 aromatic heterocycles. The molecule has 1 fully saturated rings. The topological polar surface area (TPSA) is 75.5 Å². The Kier molecular flexibility index (Phi) is 4.95. The van der Waals surface area contributed by atoms with E-state index < -0.39 is 5.72 Å². The van der Waals surface area contributed by atoms with Crippen molar-refractivity contribution in [3.63, 3.8) is 0 Å². The second kappa shape index (κ2) is 5.65. The summed E-state index contributed by atoms with van der Waals surface area (Å²) in [5, 5.41) is 10.9. The molecule has 1 aliphatic rings. The van der Waals surface area contributed by atoms with E-state index in [2.05, 4.69) is 6.92 Å². The first kappa shape index (κ1) is 14.9. The Morgan fingerprint density at radius 2 is 2.12 bits per heavy atom. The van der Waals surface area contributed by atoms with Crippen molar-refractivity contribution in [2.45, 2.75) is 45.3 Å². The van der Waals surface area contributed by atoms with Crippen LogP contribution in [0.2, 0.25) is 0 Å². The average molecular weight is 243 g/mol. The molecule has 5 N–H and O–H groups in total. The van der Waals surface area contributed by atoms with Crippen LogP contribution in [0.3, 0.4) is 0 Å². The maximum absolute atomic E-state index is 10.9. The van der Waals surface area contributed by atoms with Crippen LogP contribution in [-0.2, 0) is 0 Å². The summed E-state index contributed by atoms with van der Waals surface area (Å²) in [6, 6.07) is 0. The van der Waals surface area contributed by atoms with Gasteiger partial charge in [0.2, 0.25) is 0 Å². The summed E-state index contributed by atoms with van der Waals surface area (Å²) >= 11 is 0. The van der Waals surface area contributed by atoms with Crippen LogP contribution in [0.15, 0.2) is 0 Å². The Morgan fingerprint density at radius 3 is 2.59 bits per heavy atom. The number of nitrogens with zero attached hydrogens (tertiary/aromatic N) is 1. The van der Waals surface area contributed by atoms with Crippen molar-refractivity contribution >= 4 is 0 Å². The molecule has 0 aromatic carbocycles. The van der Waals surface area contributed by atoms with Gasteiger partial charge in [-0.1, -0.05) is 13.3 Å². The highest BCUT2D eigenvalue weighted by atomic mass is 16.3. The van der Waals surface area contributed by atoms with Gasteiger partial charge < -0.3 is 16.6 Å². The zero-order valence-electron chi connectivity index (χ0n) is 11.6. The molecular weight excluding hydrogens is 214 g/mol. The zero-order valence-corrected chi connectivity index (χ0v) is 11.6. The highest BCUT2D eigenvalue weighted by Crippen LogP contribution is 2.47. The molecule has 1 saturated carbocycles. The van der Waals surface area contributed by atoms with Crippen molar-refractivity contribution in [3.8, 4) is 0 Å². The molecule has 0 saturated heterocycles. The molecule has 0 aliphatic heterocycles. The third-order valence-corrected chi connectivity index (χ3v) is 4.89. The van der Waals surface area contributed by atoms with Gasteiger partial charge in [0.05, 0.1) is 0 Å². The van der Waals surface area contributed by atoms with Crippen molar-refractivity contribution in [1.29, 1.82) is 0 Å². The van der Waals surface area contributed by atoms with Crippen molar-refractivity contribution in [1.82, 2.24) is 4.90 Å². The van der Waals surface area contributed by atoms with E-state index in [0.29, 0.717) is 19.0 Å². The molecule has 0 amide bonds. The van der Waals surface area contributed by atoms with Gasteiger partial charge in [0.1, 0.15) is 5.72 Å². The van der Waals surface area contributed by atoms with Gasteiger partial charge in [0.25, 0.3) is 0 Å². The lowest BCUT2D eigenvalue weighted by atomic mass is 9.63. The molecule has 0 aromatic rings. The van der Waals surface area contributed by atoms with Gasteiger partial charge in [-0.2, -0.15) is 0 Å². The number of hydrogen-bond acceptors (Lipinski definition) is 4. The lowest BCUT2D eigenvalue weighted by Gasteiger charge is -2.53. The van der Waals surface area contributed by atoms with E-state index in [1.165, 1.54) is 6.42 Å². The molecule has 4 nitrogen and oxygen atoms in total. The maximum atomic E-state index is 10.9. The minimum atomic E-state index is -0.843. The van der Waals surface area contributed by atoms with Crippen LogP contribution < -0.4 is 11.5 Å². The Hall–Kier alpha value is -0.160. The van der Waals surface area contributed by atoms with Crippen LogP contribution in [0, 0.1) is 11.3 Å². The maximum Gasteiger partial charge on any atom is 0.122 e. The van der Waals surface area contributed by atoms with Gasteiger partial charge in [0, 0.05) is 12.0 Å². The molecule has 0 radical (unpaired) electrons. The van der Waals surface area contributed by atoms with E-state index in [4.69, 9.17) is 11.5 Å². The monoisotopic (exact) mass is 243 g/mol. The largest absolute Gasteiger partial charge is 0.375 e. The van der Waals surface area contributed by atoms with Crippen LogP contribution in [0.1, 0.15) is 39.5 Å². The smallest absolute Gasteiger partial charge is 0.122 e. The summed E-state index contributed by atoms with van der Waals surface area (Å²) < 4.78 is 0.